The van der Waals surface area contributed by atoms with E-state index < -0.39 is 0 Å². The average molecular weight is 306 g/mol. The van der Waals surface area contributed by atoms with E-state index in [4.69, 9.17) is 22.1 Å². The second-order valence-corrected chi connectivity index (χ2v) is 5.33. The SMILES string of the molecule is CCCOc1nc(N(C)Cc2cccc(Cl)c2)ccc1N. The van der Waals surface area contributed by atoms with E-state index in [1.807, 2.05) is 55.3 Å². The van der Waals surface area contributed by atoms with Gasteiger partial charge in [0.05, 0.1) is 12.3 Å². The summed E-state index contributed by atoms with van der Waals surface area (Å²) in [6.45, 7) is 3.37. The highest BCUT2D eigenvalue weighted by Gasteiger charge is 2.08. The lowest BCUT2D eigenvalue weighted by molar-refractivity contribution is 0.307. The summed E-state index contributed by atoms with van der Waals surface area (Å²) in [5, 5.41) is 0.734. The Morgan fingerprint density at radius 2 is 2.10 bits per heavy atom. The maximum atomic E-state index is 6.01. The molecule has 5 heteroatoms. The molecule has 2 rings (SSSR count). The topological polar surface area (TPSA) is 51.4 Å². The Morgan fingerprint density at radius 3 is 2.81 bits per heavy atom. The Bertz CT molecular complexity index is 604. The Kier molecular flexibility index (Phi) is 5.28. The fourth-order valence-electron chi connectivity index (χ4n) is 1.96. The number of nitrogens with two attached hydrogens (primary N) is 1. The molecular formula is C16H20ClN3O. The van der Waals surface area contributed by atoms with Crippen LogP contribution in [0.2, 0.25) is 5.02 Å². The number of anilines is 2. The van der Waals surface area contributed by atoms with Crippen molar-refractivity contribution < 1.29 is 4.74 Å². The van der Waals surface area contributed by atoms with Crippen LogP contribution in [0.5, 0.6) is 5.88 Å². The Labute approximate surface area is 130 Å². The van der Waals surface area contributed by atoms with Gasteiger partial charge in [0, 0.05) is 18.6 Å². The molecule has 0 fully saturated rings. The van der Waals surface area contributed by atoms with Crippen molar-refractivity contribution in [3.8, 4) is 5.88 Å². The van der Waals surface area contributed by atoms with E-state index in [1.54, 1.807) is 0 Å². The van der Waals surface area contributed by atoms with E-state index >= 15 is 0 Å². The summed E-state index contributed by atoms with van der Waals surface area (Å²) in [5.41, 5.74) is 7.56. The number of nitrogen functional groups attached to an aromatic ring is 1. The molecule has 1 heterocycles. The van der Waals surface area contributed by atoms with Gasteiger partial charge in [-0.2, -0.15) is 4.98 Å². The molecule has 0 aliphatic carbocycles. The van der Waals surface area contributed by atoms with E-state index in [0.29, 0.717) is 24.7 Å². The Balaban J connectivity index is 2.13. The van der Waals surface area contributed by atoms with Crippen LogP contribution in [0.1, 0.15) is 18.9 Å². The van der Waals surface area contributed by atoms with Crippen LogP contribution in [0.15, 0.2) is 36.4 Å². The monoisotopic (exact) mass is 305 g/mol. The van der Waals surface area contributed by atoms with Crippen molar-refractivity contribution in [2.45, 2.75) is 19.9 Å². The quantitative estimate of drug-likeness (QED) is 0.883. The number of halogens is 1. The van der Waals surface area contributed by atoms with Crippen LogP contribution in [0.3, 0.4) is 0 Å². The van der Waals surface area contributed by atoms with Gasteiger partial charge in [-0.05, 0) is 36.2 Å². The minimum Gasteiger partial charge on any atom is -0.476 e. The molecule has 1 aromatic heterocycles. The lowest BCUT2D eigenvalue weighted by Gasteiger charge is -2.19. The Morgan fingerprint density at radius 1 is 1.29 bits per heavy atom. The van der Waals surface area contributed by atoms with Crippen molar-refractivity contribution in [2.24, 2.45) is 0 Å². The van der Waals surface area contributed by atoms with Crippen LogP contribution in [-0.2, 0) is 6.54 Å². The lowest BCUT2D eigenvalue weighted by atomic mass is 10.2. The molecule has 0 spiro atoms. The molecule has 0 saturated heterocycles. The second kappa shape index (κ2) is 7.18. The number of benzene rings is 1. The minimum absolute atomic E-state index is 0.493. The molecule has 4 nitrogen and oxygen atoms in total. The van der Waals surface area contributed by atoms with Crippen LogP contribution in [0.25, 0.3) is 0 Å². The predicted octanol–water partition coefficient (Wildman–Crippen LogP) is 3.74. The Hall–Kier alpha value is -1.94. The van der Waals surface area contributed by atoms with E-state index in [2.05, 4.69) is 4.98 Å². The molecule has 0 amide bonds. The zero-order valence-electron chi connectivity index (χ0n) is 12.3. The molecular weight excluding hydrogens is 286 g/mol. The molecule has 0 aliphatic heterocycles. The van der Waals surface area contributed by atoms with Gasteiger partial charge in [0.15, 0.2) is 0 Å². The van der Waals surface area contributed by atoms with Gasteiger partial charge < -0.3 is 15.4 Å². The molecule has 0 aliphatic rings. The van der Waals surface area contributed by atoms with Crippen LogP contribution >= 0.6 is 11.6 Å². The summed E-state index contributed by atoms with van der Waals surface area (Å²) in [7, 11) is 1.98. The van der Waals surface area contributed by atoms with Gasteiger partial charge in [0.1, 0.15) is 5.82 Å². The maximum Gasteiger partial charge on any atom is 0.239 e. The smallest absolute Gasteiger partial charge is 0.239 e. The third-order valence-electron chi connectivity index (χ3n) is 3.02. The molecule has 2 N–H and O–H groups in total. The molecule has 0 unspecified atom stereocenters. The fraction of sp³-hybridized carbons (Fsp3) is 0.312. The second-order valence-electron chi connectivity index (χ2n) is 4.90. The third-order valence-corrected chi connectivity index (χ3v) is 3.25. The molecule has 112 valence electrons. The number of aromatic nitrogens is 1. The lowest BCUT2D eigenvalue weighted by Crippen LogP contribution is -2.18. The summed E-state index contributed by atoms with van der Waals surface area (Å²) >= 11 is 6.01. The van der Waals surface area contributed by atoms with E-state index in [-0.39, 0.29) is 0 Å². The molecule has 1 aromatic carbocycles. The first-order valence-corrected chi connectivity index (χ1v) is 7.33. The first-order chi connectivity index (χ1) is 10.1. The standard InChI is InChI=1S/C16H20ClN3O/c1-3-9-21-16-14(18)7-8-15(19-16)20(2)11-12-5-4-6-13(17)10-12/h4-8,10H,3,9,11,18H2,1-2H3. The summed E-state index contributed by atoms with van der Waals surface area (Å²) < 4.78 is 5.56. The van der Waals surface area contributed by atoms with Crippen molar-refractivity contribution in [3.63, 3.8) is 0 Å². The molecule has 0 bridgehead atoms. The van der Waals surface area contributed by atoms with E-state index in [0.717, 1.165) is 22.8 Å². The minimum atomic E-state index is 0.493. The van der Waals surface area contributed by atoms with Crippen molar-refractivity contribution >= 4 is 23.1 Å². The van der Waals surface area contributed by atoms with Crippen molar-refractivity contribution in [2.75, 3.05) is 24.3 Å². The van der Waals surface area contributed by atoms with E-state index in [1.165, 1.54) is 0 Å². The summed E-state index contributed by atoms with van der Waals surface area (Å²) in [6.07, 6.45) is 0.920. The third kappa shape index (κ3) is 4.26. The van der Waals surface area contributed by atoms with Gasteiger partial charge in [-0.1, -0.05) is 30.7 Å². The normalized spacial score (nSPS) is 10.4. The number of ether oxygens (including phenoxy) is 1. The van der Waals surface area contributed by atoms with Gasteiger partial charge in [-0.25, -0.2) is 0 Å². The van der Waals surface area contributed by atoms with Gasteiger partial charge in [-0.15, -0.1) is 0 Å². The highest BCUT2D eigenvalue weighted by atomic mass is 35.5. The highest BCUT2D eigenvalue weighted by molar-refractivity contribution is 6.30. The first kappa shape index (κ1) is 15.4. The van der Waals surface area contributed by atoms with Crippen LogP contribution < -0.4 is 15.4 Å². The molecule has 21 heavy (non-hydrogen) atoms. The average Bonchev–Trinajstić information content (AvgIpc) is 2.46. The highest BCUT2D eigenvalue weighted by Crippen LogP contribution is 2.24. The van der Waals surface area contributed by atoms with Gasteiger partial charge >= 0.3 is 0 Å². The number of pyridine rings is 1. The van der Waals surface area contributed by atoms with E-state index in [9.17, 15) is 0 Å². The summed E-state index contributed by atoms with van der Waals surface area (Å²) in [4.78, 5) is 6.51. The first-order valence-electron chi connectivity index (χ1n) is 6.95. The van der Waals surface area contributed by atoms with Crippen LogP contribution in [0, 0.1) is 0 Å². The van der Waals surface area contributed by atoms with Crippen molar-refractivity contribution in [1.82, 2.24) is 4.98 Å². The van der Waals surface area contributed by atoms with Crippen LogP contribution in [-0.4, -0.2) is 18.6 Å². The zero-order chi connectivity index (χ0) is 15.2. The summed E-state index contributed by atoms with van der Waals surface area (Å²) in [5.74, 6) is 1.31. The number of hydrogen-bond donors (Lipinski definition) is 1. The summed E-state index contributed by atoms with van der Waals surface area (Å²) in [6, 6.07) is 11.5. The van der Waals surface area contributed by atoms with Gasteiger partial charge in [-0.3, -0.25) is 0 Å². The number of nitrogens with zero attached hydrogens (tertiary/aromatic N) is 2. The molecule has 0 atom stereocenters. The predicted molar refractivity (Wildman–Crippen MR) is 88.0 cm³/mol. The molecule has 0 radical (unpaired) electrons. The molecule has 2 aromatic rings. The number of rotatable bonds is 6. The van der Waals surface area contributed by atoms with Crippen molar-refractivity contribution in [1.29, 1.82) is 0 Å². The van der Waals surface area contributed by atoms with Crippen LogP contribution in [0.4, 0.5) is 11.5 Å². The van der Waals surface area contributed by atoms with Gasteiger partial charge in [0.2, 0.25) is 5.88 Å². The molecule has 0 saturated carbocycles. The maximum absolute atomic E-state index is 6.01. The van der Waals surface area contributed by atoms with Crippen molar-refractivity contribution in [3.05, 3.63) is 47.0 Å². The van der Waals surface area contributed by atoms with Gasteiger partial charge in [0.25, 0.3) is 0 Å². The number of hydrogen-bond acceptors (Lipinski definition) is 4. The zero-order valence-corrected chi connectivity index (χ0v) is 13.1. The largest absolute Gasteiger partial charge is 0.476 e. The fourth-order valence-corrected chi connectivity index (χ4v) is 2.17.